The largest absolute Gasteiger partial charge is 0.384 e. The second kappa shape index (κ2) is 5.47. The third-order valence-corrected chi connectivity index (χ3v) is 5.06. The van der Waals surface area contributed by atoms with Crippen LogP contribution in [0.4, 0.5) is 5.69 Å². The molecule has 2 aliphatic rings. The van der Waals surface area contributed by atoms with Crippen LogP contribution in [0.5, 0.6) is 0 Å². The monoisotopic (exact) mass is 271 g/mol. The van der Waals surface area contributed by atoms with Gasteiger partial charge in [-0.1, -0.05) is 25.0 Å². The average molecular weight is 271 g/mol. The average Bonchev–Trinajstić information content (AvgIpc) is 2.46. The number of amidine groups is 1. The first-order chi connectivity index (χ1) is 9.68. The Morgan fingerprint density at radius 2 is 1.95 bits per heavy atom. The maximum atomic E-state index is 7.87. The molecule has 0 bridgehead atoms. The Labute approximate surface area is 121 Å². The van der Waals surface area contributed by atoms with Gasteiger partial charge in [-0.05, 0) is 50.2 Å². The Balaban J connectivity index is 2.00. The van der Waals surface area contributed by atoms with Crippen molar-refractivity contribution in [3.05, 3.63) is 29.3 Å². The van der Waals surface area contributed by atoms with E-state index >= 15 is 0 Å². The zero-order chi connectivity index (χ0) is 14.1. The molecule has 1 saturated heterocycles. The van der Waals surface area contributed by atoms with E-state index in [9.17, 15) is 0 Å². The number of nitrogen functional groups attached to an aromatic ring is 1. The molecule has 1 aromatic rings. The molecule has 3 heteroatoms. The predicted molar refractivity (Wildman–Crippen MR) is 84.5 cm³/mol. The molecule has 1 aliphatic heterocycles. The Kier molecular flexibility index (Phi) is 3.68. The van der Waals surface area contributed by atoms with Crippen molar-refractivity contribution < 1.29 is 0 Å². The lowest BCUT2D eigenvalue weighted by molar-refractivity contribution is 0.243. The van der Waals surface area contributed by atoms with E-state index in [2.05, 4.69) is 17.9 Å². The van der Waals surface area contributed by atoms with E-state index in [1.165, 1.54) is 49.8 Å². The van der Waals surface area contributed by atoms with E-state index in [0.717, 1.165) is 18.0 Å². The van der Waals surface area contributed by atoms with Gasteiger partial charge in [0.2, 0.25) is 0 Å². The summed E-state index contributed by atoms with van der Waals surface area (Å²) >= 11 is 0. The second-order valence-electron chi connectivity index (χ2n) is 6.33. The summed E-state index contributed by atoms with van der Waals surface area (Å²) in [6.07, 6.45) is 8.06. The topological polar surface area (TPSA) is 53.1 Å². The molecular formula is C17H25N3. The first kappa shape index (κ1) is 13.5. The van der Waals surface area contributed by atoms with Crippen molar-refractivity contribution in [2.45, 2.75) is 51.5 Å². The fourth-order valence-corrected chi connectivity index (χ4v) is 4.16. The zero-order valence-corrected chi connectivity index (χ0v) is 12.4. The third kappa shape index (κ3) is 2.30. The summed E-state index contributed by atoms with van der Waals surface area (Å²) in [6, 6.07) is 6.82. The first-order valence-corrected chi connectivity index (χ1v) is 7.89. The maximum absolute atomic E-state index is 7.87. The summed E-state index contributed by atoms with van der Waals surface area (Å²) in [6.45, 7) is 3.26. The summed E-state index contributed by atoms with van der Waals surface area (Å²) in [7, 11) is 0. The third-order valence-electron chi connectivity index (χ3n) is 5.06. The van der Waals surface area contributed by atoms with Crippen LogP contribution in [0.2, 0.25) is 0 Å². The van der Waals surface area contributed by atoms with Crippen molar-refractivity contribution in [1.29, 1.82) is 5.41 Å². The van der Waals surface area contributed by atoms with Crippen LogP contribution < -0.4 is 10.6 Å². The number of benzene rings is 1. The number of aryl methyl sites for hydroxylation is 1. The zero-order valence-electron chi connectivity index (χ0n) is 12.4. The Morgan fingerprint density at radius 1 is 1.20 bits per heavy atom. The van der Waals surface area contributed by atoms with Crippen LogP contribution in [-0.4, -0.2) is 18.4 Å². The molecule has 1 saturated carbocycles. The Hall–Kier alpha value is -1.51. The van der Waals surface area contributed by atoms with E-state index in [-0.39, 0.29) is 5.84 Å². The molecule has 2 atom stereocenters. The number of fused-ring (bicyclic) bond motifs is 1. The molecule has 1 heterocycles. The molecule has 0 aromatic heterocycles. The van der Waals surface area contributed by atoms with Gasteiger partial charge in [0, 0.05) is 18.2 Å². The summed E-state index contributed by atoms with van der Waals surface area (Å²) < 4.78 is 0. The van der Waals surface area contributed by atoms with Gasteiger partial charge in [-0.15, -0.1) is 0 Å². The van der Waals surface area contributed by atoms with E-state index in [1.54, 1.807) is 0 Å². The van der Waals surface area contributed by atoms with Gasteiger partial charge in [-0.25, -0.2) is 0 Å². The summed E-state index contributed by atoms with van der Waals surface area (Å²) in [5.41, 5.74) is 9.20. The minimum Gasteiger partial charge on any atom is -0.384 e. The highest BCUT2D eigenvalue weighted by Gasteiger charge is 2.34. The molecular weight excluding hydrogens is 246 g/mol. The van der Waals surface area contributed by atoms with Gasteiger partial charge in [0.15, 0.2) is 0 Å². The van der Waals surface area contributed by atoms with Gasteiger partial charge in [-0.3, -0.25) is 5.41 Å². The van der Waals surface area contributed by atoms with E-state index in [1.807, 2.05) is 12.1 Å². The Bertz CT molecular complexity index is 507. The van der Waals surface area contributed by atoms with E-state index < -0.39 is 0 Å². The minimum atomic E-state index is 0.196. The molecule has 20 heavy (non-hydrogen) atoms. The van der Waals surface area contributed by atoms with Gasteiger partial charge in [-0.2, -0.15) is 0 Å². The second-order valence-corrected chi connectivity index (χ2v) is 6.33. The molecule has 108 valence electrons. The quantitative estimate of drug-likeness (QED) is 0.639. The molecule has 2 unspecified atom stereocenters. The Morgan fingerprint density at radius 3 is 2.75 bits per heavy atom. The molecule has 2 fully saturated rings. The number of para-hydroxylation sites is 1. The number of nitrogens with two attached hydrogens (primary N) is 1. The van der Waals surface area contributed by atoms with Crippen LogP contribution in [0.25, 0.3) is 0 Å². The molecule has 3 nitrogen and oxygen atoms in total. The molecule has 3 rings (SSSR count). The number of anilines is 1. The van der Waals surface area contributed by atoms with Gasteiger partial charge in [0.05, 0.1) is 5.69 Å². The molecule has 0 amide bonds. The van der Waals surface area contributed by atoms with Crippen molar-refractivity contribution in [3.63, 3.8) is 0 Å². The number of hydrogen-bond donors (Lipinski definition) is 2. The fraction of sp³-hybridized carbons (Fsp3) is 0.588. The van der Waals surface area contributed by atoms with E-state index in [4.69, 9.17) is 11.1 Å². The van der Waals surface area contributed by atoms with Gasteiger partial charge < -0.3 is 10.6 Å². The van der Waals surface area contributed by atoms with Crippen molar-refractivity contribution in [1.82, 2.24) is 0 Å². The molecule has 0 spiro atoms. The lowest BCUT2D eigenvalue weighted by Gasteiger charge is -2.46. The molecule has 1 aliphatic carbocycles. The predicted octanol–water partition coefficient (Wildman–Crippen LogP) is 3.44. The van der Waals surface area contributed by atoms with Crippen LogP contribution in [-0.2, 0) is 0 Å². The molecule has 3 N–H and O–H groups in total. The fourth-order valence-electron chi connectivity index (χ4n) is 4.16. The highest BCUT2D eigenvalue weighted by atomic mass is 15.2. The lowest BCUT2D eigenvalue weighted by Crippen LogP contribution is -2.47. The van der Waals surface area contributed by atoms with Gasteiger partial charge in [0.25, 0.3) is 0 Å². The summed E-state index contributed by atoms with van der Waals surface area (Å²) in [5.74, 6) is 1.04. The summed E-state index contributed by atoms with van der Waals surface area (Å²) in [5, 5.41) is 7.87. The number of rotatable bonds is 2. The highest BCUT2D eigenvalue weighted by Crippen LogP contribution is 2.39. The number of hydrogen-bond acceptors (Lipinski definition) is 2. The normalized spacial score (nSPS) is 26.1. The van der Waals surface area contributed by atoms with Gasteiger partial charge >= 0.3 is 0 Å². The molecule has 1 aromatic carbocycles. The SMILES string of the molecule is Cc1cccc(C(=N)N)c1N1CCCC2CCCCC21. The minimum absolute atomic E-state index is 0.196. The van der Waals surface area contributed by atoms with Crippen LogP contribution >= 0.6 is 0 Å². The van der Waals surface area contributed by atoms with Gasteiger partial charge in [0.1, 0.15) is 5.84 Å². The first-order valence-electron chi connectivity index (χ1n) is 7.89. The maximum Gasteiger partial charge on any atom is 0.124 e. The molecule has 0 radical (unpaired) electrons. The lowest BCUT2D eigenvalue weighted by atomic mass is 9.78. The van der Waals surface area contributed by atoms with Crippen LogP contribution in [0.1, 0.15) is 49.7 Å². The van der Waals surface area contributed by atoms with Crippen molar-refractivity contribution in [3.8, 4) is 0 Å². The number of nitrogens with zero attached hydrogens (tertiary/aromatic N) is 1. The van der Waals surface area contributed by atoms with Crippen LogP contribution in [0, 0.1) is 18.3 Å². The van der Waals surface area contributed by atoms with Crippen molar-refractivity contribution in [2.75, 3.05) is 11.4 Å². The van der Waals surface area contributed by atoms with Crippen molar-refractivity contribution >= 4 is 11.5 Å². The van der Waals surface area contributed by atoms with Crippen LogP contribution in [0.3, 0.4) is 0 Å². The smallest absolute Gasteiger partial charge is 0.124 e. The number of piperidine rings is 1. The highest BCUT2D eigenvalue weighted by molar-refractivity contribution is 6.01. The summed E-state index contributed by atoms with van der Waals surface area (Å²) in [4.78, 5) is 2.57. The van der Waals surface area contributed by atoms with Crippen LogP contribution in [0.15, 0.2) is 18.2 Å². The van der Waals surface area contributed by atoms with Crippen molar-refractivity contribution in [2.24, 2.45) is 11.7 Å². The number of nitrogens with one attached hydrogen (secondary N) is 1. The van der Waals surface area contributed by atoms with E-state index in [0.29, 0.717) is 6.04 Å². The standard InChI is InChI=1S/C17H25N3/c1-12-6-4-9-14(17(18)19)16(12)20-11-5-8-13-7-2-3-10-15(13)20/h4,6,9,13,15H,2-3,5,7-8,10-11H2,1H3,(H3,18,19).